The number of pyridine rings is 1. The van der Waals surface area contributed by atoms with Crippen molar-refractivity contribution in [3.05, 3.63) is 60.2 Å². The van der Waals surface area contributed by atoms with Crippen molar-refractivity contribution < 1.29 is 22.4 Å². The Balaban J connectivity index is 1.31. The van der Waals surface area contributed by atoms with Gasteiger partial charge >= 0.3 is 6.36 Å². The van der Waals surface area contributed by atoms with Gasteiger partial charge in [0, 0.05) is 37.6 Å². The summed E-state index contributed by atoms with van der Waals surface area (Å²) < 4.78 is 45.7. The normalized spacial score (nSPS) is 15.5. The summed E-state index contributed by atoms with van der Waals surface area (Å²) in [7, 11) is 0. The molecule has 0 aliphatic carbocycles. The van der Waals surface area contributed by atoms with Crippen molar-refractivity contribution >= 4 is 0 Å². The van der Waals surface area contributed by atoms with Gasteiger partial charge in [-0.3, -0.25) is 9.88 Å². The third-order valence-electron chi connectivity index (χ3n) is 4.23. The molecule has 0 saturated carbocycles. The van der Waals surface area contributed by atoms with Gasteiger partial charge in [-0.2, -0.15) is 4.98 Å². The Kier molecular flexibility index (Phi) is 4.53. The first-order valence-electron chi connectivity index (χ1n) is 8.27. The number of ether oxygens (including phenoxy) is 1. The minimum Gasteiger partial charge on any atom is -0.406 e. The average molecular weight is 376 g/mol. The molecule has 4 rings (SSSR count). The Hall–Kier alpha value is -2.94. The molecule has 1 fully saturated rings. The molecule has 3 aromatic rings. The summed E-state index contributed by atoms with van der Waals surface area (Å²) in [6.07, 6.45) is -1.32. The third kappa shape index (κ3) is 4.25. The second-order valence-electron chi connectivity index (χ2n) is 6.28. The van der Waals surface area contributed by atoms with E-state index in [1.54, 1.807) is 24.5 Å². The first kappa shape index (κ1) is 17.5. The number of halogens is 3. The molecule has 0 bridgehead atoms. The van der Waals surface area contributed by atoms with E-state index in [1.165, 1.54) is 12.1 Å². The fourth-order valence-electron chi connectivity index (χ4n) is 2.92. The van der Waals surface area contributed by atoms with Gasteiger partial charge in [-0.1, -0.05) is 17.3 Å². The van der Waals surface area contributed by atoms with Gasteiger partial charge in [-0.25, -0.2) is 0 Å². The smallest absolute Gasteiger partial charge is 0.406 e. The molecule has 1 aliphatic heterocycles. The van der Waals surface area contributed by atoms with Gasteiger partial charge in [0.2, 0.25) is 11.7 Å². The highest BCUT2D eigenvalue weighted by atomic mass is 19.4. The van der Waals surface area contributed by atoms with Gasteiger partial charge in [0.15, 0.2) is 0 Å². The van der Waals surface area contributed by atoms with E-state index in [2.05, 4.69) is 24.8 Å². The number of hydrogen-bond acceptors (Lipinski definition) is 6. The number of nitrogens with zero attached hydrogens (tertiary/aromatic N) is 4. The molecule has 1 aliphatic rings. The van der Waals surface area contributed by atoms with Crippen molar-refractivity contribution in [1.29, 1.82) is 0 Å². The molecule has 3 heterocycles. The topological polar surface area (TPSA) is 64.3 Å². The van der Waals surface area contributed by atoms with Crippen LogP contribution in [0, 0.1) is 0 Å². The van der Waals surface area contributed by atoms with E-state index in [0.717, 1.165) is 24.2 Å². The lowest BCUT2D eigenvalue weighted by Gasteiger charge is -2.37. The van der Waals surface area contributed by atoms with Crippen molar-refractivity contribution in [2.75, 3.05) is 13.1 Å². The summed E-state index contributed by atoms with van der Waals surface area (Å²) in [4.78, 5) is 10.6. The summed E-state index contributed by atoms with van der Waals surface area (Å²) in [5.41, 5.74) is 1.70. The van der Waals surface area contributed by atoms with E-state index >= 15 is 0 Å². The Morgan fingerprint density at radius 1 is 1.15 bits per heavy atom. The maximum absolute atomic E-state index is 12.2. The van der Waals surface area contributed by atoms with Crippen LogP contribution >= 0.6 is 0 Å². The predicted molar refractivity (Wildman–Crippen MR) is 88.7 cm³/mol. The van der Waals surface area contributed by atoms with Crippen LogP contribution in [0.15, 0.2) is 53.3 Å². The average Bonchev–Trinajstić information content (AvgIpc) is 3.08. The standard InChI is InChI=1S/C18H15F3N4O2/c19-18(20,21)26-15-5-3-12(4-6-15)9-25-10-14(11-25)17-23-16(24-27-17)13-2-1-7-22-8-13/h1-8,14H,9-11H2. The van der Waals surface area contributed by atoms with Crippen molar-refractivity contribution in [3.63, 3.8) is 0 Å². The molecule has 0 radical (unpaired) electrons. The summed E-state index contributed by atoms with van der Waals surface area (Å²) in [6, 6.07) is 9.56. The minimum atomic E-state index is -4.68. The predicted octanol–water partition coefficient (Wildman–Crippen LogP) is 3.63. The van der Waals surface area contributed by atoms with Crippen LogP contribution in [0.2, 0.25) is 0 Å². The lowest BCUT2D eigenvalue weighted by molar-refractivity contribution is -0.274. The summed E-state index contributed by atoms with van der Waals surface area (Å²) in [5, 5.41) is 3.99. The van der Waals surface area contributed by atoms with Crippen LogP contribution in [0.25, 0.3) is 11.4 Å². The molecule has 1 saturated heterocycles. The zero-order valence-electron chi connectivity index (χ0n) is 14.1. The van der Waals surface area contributed by atoms with Crippen molar-refractivity contribution in [2.24, 2.45) is 0 Å². The lowest BCUT2D eigenvalue weighted by Crippen LogP contribution is -2.44. The number of rotatable bonds is 5. The SMILES string of the molecule is FC(F)(F)Oc1ccc(CN2CC(c3nc(-c4cccnc4)no3)C2)cc1. The highest BCUT2D eigenvalue weighted by Gasteiger charge is 2.33. The summed E-state index contributed by atoms with van der Waals surface area (Å²) in [5.74, 6) is 1.02. The van der Waals surface area contributed by atoms with E-state index in [9.17, 15) is 13.2 Å². The van der Waals surface area contributed by atoms with Gasteiger partial charge in [0.25, 0.3) is 0 Å². The van der Waals surface area contributed by atoms with E-state index < -0.39 is 6.36 Å². The Labute approximate surface area is 152 Å². The maximum atomic E-state index is 12.2. The monoisotopic (exact) mass is 376 g/mol. The molecule has 140 valence electrons. The molecule has 2 aromatic heterocycles. The molecule has 6 nitrogen and oxygen atoms in total. The van der Waals surface area contributed by atoms with Crippen LogP contribution in [-0.2, 0) is 6.54 Å². The summed E-state index contributed by atoms with van der Waals surface area (Å²) in [6.45, 7) is 2.12. The number of benzene rings is 1. The summed E-state index contributed by atoms with van der Waals surface area (Å²) >= 11 is 0. The van der Waals surface area contributed by atoms with Crippen LogP contribution in [0.5, 0.6) is 5.75 Å². The van der Waals surface area contributed by atoms with Crippen LogP contribution in [0.4, 0.5) is 13.2 Å². The largest absolute Gasteiger partial charge is 0.573 e. The Morgan fingerprint density at radius 3 is 2.59 bits per heavy atom. The minimum absolute atomic E-state index is 0.149. The lowest BCUT2D eigenvalue weighted by atomic mass is 9.99. The van der Waals surface area contributed by atoms with Gasteiger partial charge in [-0.05, 0) is 29.8 Å². The molecule has 0 amide bonds. The van der Waals surface area contributed by atoms with E-state index in [-0.39, 0.29) is 11.7 Å². The van der Waals surface area contributed by atoms with Crippen molar-refractivity contribution in [1.82, 2.24) is 20.0 Å². The number of aromatic nitrogens is 3. The fourth-order valence-corrected chi connectivity index (χ4v) is 2.92. The molecular weight excluding hydrogens is 361 g/mol. The van der Waals surface area contributed by atoms with Crippen LogP contribution in [0.3, 0.4) is 0 Å². The molecular formula is C18H15F3N4O2. The first-order chi connectivity index (χ1) is 13.0. The van der Waals surface area contributed by atoms with E-state index in [4.69, 9.17) is 4.52 Å². The van der Waals surface area contributed by atoms with Gasteiger partial charge in [0.05, 0.1) is 5.92 Å². The van der Waals surface area contributed by atoms with Gasteiger partial charge in [0.1, 0.15) is 5.75 Å². The molecule has 9 heteroatoms. The van der Waals surface area contributed by atoms with E-state index in [0.29, 0.717) is 18.3 Å². The highest BCUT2D eigenvalue weighted by molar-refractivity contribution is 5.52. The number of hydrogen-bond donors (Lipinski definition) is 0. The molecule has 0 spiro atoms. The maximum Gasteiger partial charge on any atom is 0.573 e. The Bertz CT molecular complexity index is 891. The van der Waals surface area contributed by atoms with Gasteiger partial charge < -0.3 is 9.26 Å². The quantitative estimate of drug-likeness (QED) is 0.678. The molecule has 0 unspecified atom stereocenters. The Morgan fingerprint density at radius 2 is 1.93 bits per heavy atom. The molecule has 0 atom stereocenters. The highest BCUT2D eigenvalue weighted by Crippen LogP contribution is 2.29. The number of alkyl halides is 3. The van der Waals surface area contributed by atoms with Crippen LogP contribution in [0.1, 0.15) is 17.4 Å². The molecule has 27 heavy (non-hydrogen) atoms. The van der Waals surface area contributed by atoms with Gasteiger partial charge in [-0.15, -0.1) is 13.2 Å². The van der Waals surface area contributed by atoms with Crippen molar-refractivity contribution in [3.8, 4) is 17.1 Å². The van der Waals surface area contributed by atoms with Crippen LogP contribution < -0.4 is 4.74 Å². The fraction of sp³-hybridized carbons (Fsp3) is 0.278. The van der Waals surface area contributed by atoms with Crippen molar-refractivity contribution in [2.45, 2.75) is 18.8 Å². The molecule has 1 aromatic carbocycles. The third-order valence-corrected chi connectivity index (χ3v) is 4.23. The first-order valence-corrected chi connectivity index (χ1v) is 8.27. The van der Waals surface area contributed by atoms with E-state index in [1.807, 2.05) is 12.1 Å². The molecule has 0 N–H and O–H groups in total. The second kappa shape index (κ2) is 6.99. The number of likely N-dealkylation sites (tertiary alicyclic amines) is 1. The zero-order chi connectivity index (χ0) is 18.9. The second-order valence-corrected chi connectivity index (χ2v) is 6.28. The zero-order valence-corrected chi connectivity index (χ0v) is 14.1. The van der Waals surface area contributed by atoms with Crippen LogP contribution in [-0.4, -0.2) is 39.5 Å².